The fourth-order valence-corrected chi connectivity index (χ4v) is 8.77. The van der Waals surface area contributed by atoms with Gasteiger partial charge in [0.1, 0.15) is 5.78 Å². The first-order chi connectivity index (χ1) is 22.0. The van der Waals surface area contributed by atoms with Crippen molar-refractivity contribution in [3.8, 4) is 11.1 Å². The van der Waals surface area contributed by atoms with Gasteiger partial charge in [-0.25, -0.2) is 8.42 Å². The maximum absolute atomic E-state index is 13.4. The Balaban J connectivity index is 1.07. The average molecular weight is 652 g/mol. The highest BCUT2D eigenvalue weighted by atomic mass is 32.2. The lowest BCUT2D eigenvalue weighted by molar-refractivity contribution is -0.137. The Kier molecular flexibility index (Phi) is 9.53. The third kappa shape index (κ3) is 7.15. The lowest BCUT2D eigenvalue weighted by Crippen LogP contribution is -2.44. The predicted molar refractivity (Wildman–Crippen MR) is 171 cm³/mol. The van der Waals surface area contributed by atoms with Gasteiger partial charge in [0, 0.05) is 36.9 Å². The molecule has 1 spiro atoms. The molecule has 1 aromatic heterocycles. The number of ether oxygens (including phenoxy) is 1. The number of aromatic nitrogens is 1. The van der Waals surface area contributed by atoms with Gasteiger partial charge in [0.25, 0.3) is 0 Å². The molecule has 0 bridgehead atoms. The molecule has 3 aliphatic rings. The first kappa shape index (κ1) is 32.6. The van der Waals surface area contributed by atoms with Crippen molar-refractivity contribution in [3.05, 3.63) is 94.2 Å². The van der Waals surface area contributed by atoms with Gasteiger partial charge in [-0.3, -0.25) is 9.78 Å². The zero-order chi connectivity index (χ0) is 32.4. The quantitative estimate of drug-likeness (QED) is 0.239. The topological polar surface area (TPSA) is 73.3 Å². The fourth-order valence-electron chi connectivity index (χ4n) is 7.44. The van der Waals surface area contributed by atoms with Crippen LogP contribution in [-0.4, -0.2) is 32.4 Å². The molecule has 6 rings (SSSR count). The molecule has 244 valence electrons. The molecule has 3 aromatic rings. The number of Topliss-reactive ketones (excluding diaryl/α,β-unsaturated/α-hetero) is 1. The molecular formula is C37H40F3NO4S. The molecule has 9 heteroatoms. The predicted octanol–water partition coefficient (Wildman–Crippen LogP) is 8.59. The van der Waals surface area contributed by atoms with Crippen molar-refractivity contribution in [2.75, 3.05) is 13.2 Å². The Hall–Kier alpha value is -3.30. The smallest absolute Gasteiger partial charge is 0.381 e. The largest absolute Gasteiger partial charge is 0.417 e. The SMILES string of the molecule is O=C1CCc2ccc(-c3ccc(S(=O)(=O)C=C4CCCC(CCCc5ccc(C(F)(F)F)cn5)CC4)cc3)cc2C12CCOCC2. The summed E-state index contributed by atoms with van der Waals surface area (Å²) in [5.74, 6) is 0.754. The van der Waals surface area contributed by atoms with Crippen LogP contribution < -0.4 is 0 Å². The number of alkyl halides is 3. The van der Waals surface area contributed by atoms with Gasteiger partial charge in [0.05, 0.1) is 15.9 Å². The molecule has 0 radical (unpaired) electrons. The van der Waals surface area contributed by atoms with E-state index in [2.05, 4.69) is 23.2 Å². The van der Waals surface area contributed by atoms with Gasteiger partial charge in [-0.1, -0.05) is 42.7 Å². The van der Waals surface area contributed by atoms with Crippen LogP contribution in [0, 0.1) is 5.92 Å². The standard InChI is InChI=1S/C37H40F3NO4S/c38-37(39,40)31-14-15-32(41-24-31)6-2-4-26-3-1-5-27(8-7-26)25-46(43,44)33-16-11-28(12-17-33)30-10-9-29-13-18-35(42)36(34(29)23-30)19-21-45-22-20-36/h9-12,14-17,23-26H,1-8,13,18-22H2. The molecule has 5 nitrogen and oxygen atoms in total. The summed E-state index contributed by atoms with van der Waals surface area (Å²) >= 11 is 0. The van der Waals surface area contributed by atoms with E-state index in [1.807, 2.05) is 12.1 Å². The number of halogens is 3. The number of benzene rings is 2. The Morgan fingerprint density at radius 1 is 0.913 bits per heavy atom. The molecule has 2 aliphatic carbocycles. The maximum atomic E-state index is 13.4. The lowest BCUT2D eigenvalue weighted by Gasteiger charge is -2.40. The summed E-state index contributed by atoms with van der Waals surface area (Å²) in [6, 6.07) is 15.9. The van der Waals surface area contributed by atoms with Crippen LogP contribution in [0.2, 0.25) is 0 Å². The van der Waals surface area contributed by atoms with E-state index in [4.69, 9.17) is 4.74 Å². The van der Waals surface area contributed by atoms with Crippen LogP contribution in [0.1, 0.15) is 86.6 Å². The second kappa shape index (κ2) is 13.4. The number of fused-ring (bicyclic) bond motifs is 2. The summed E-state index contributed by atoms with van der Waals surface area (Å²) < 4.78 is 70.7. The Labute approximate surface area is 269 Å². The van der Waals surface area contributed by atoms with E-state index in [1.165, 1.54) is 17.0 Å². The van der Waals surface area contributed by atoms with Gasteiger partial charge in [0.15, 0.2) is 9.84 Å². The van der Waals surface area contributed by atoms with Crippen molar-refractivity contribution < 1.29 is 31.1 Å². The van der Waals surface area contributed by atoms with Crippen LogP contribution in [-0.2, 0) is 43.8 Å². The van der Waals surface area contributed by atoms with Gasteiger partial charge in [0.2, 0.25) is 0 Å². The number of carbonyl (C=O) groups excluding carboxylic acids is 1. The Morgan fingerprint density at radius 2 is 1.67 bits per heavy atom. The van der Waals surface area contributed by atoms with Crippen LogP contribution >= 0.6 is 0 Å². The average Bonchev–Trinajstić information content (AvgIpc) is 3.27. The van der Waals surface area contributed by atoms with Gasteiger partial charge >= 0.3 is 6.18 Å². The lowest BCUT2D eigenvalue weighted by atomic mass is 9.64. The minimum absolute atomic E-state index is 0.266. The fraction of sp³-hybridized carbons (Fsp3) is 0.459. The van der Waals surface area contributed by atoms with E-state index in [0.717, 1.165) is 85.9 Å². The summed E-state index contributed by atoms with van der Waals surface area (Å²) in [6.45, 7) is 1.17. The highest BCUT2D eigenvalue weighted by molar-refractivity contribution is 7.94. The minimum Gasteiger partial charge on any atom is -0.381 e. The van der Waals surface area contributed by atoms with Crippen LogP contribution in [0.4, 0.5) is 13.2 Å². The Morgan fingerprint density at radius 3 is 2.39 bits per heavy atom. The van der Waals surface area contributed by atoms with Crippen molar-refractivity contribution >= 4 is 15.6 Å². The number of allylic oxidation sites excluding steroid dienone is 1. The number of nitrogens with zero attached hydrogens (tertiary/aromatic N) is 1. The number of sulfone groups is 1. The molecule has 1 unspecified atom stereocenters. The van der Waals surface area contributed by atoms with Crippen molar-refractivity contribution in [2.45, 2.75) is 93.5 Å². The first-order valence-electron chi connectivity index (χ1n) is 16.4. The number of pyridine rings is 1. The molecule has 1 saturated heterocycles. The van der Waals surface area contributed by atoms with Crippen LogP contribution in [0.3, 0.4) is 0 Å². The molecule has 1 aliphatic heterocycles. The third-order valence-corrected chi connectivity index (χ3v) is 11.7. The molecule has 1 atom stereocenters. The van der Waals surface area contributed by atoms with Crippen molar-refractivity contribution in [2.24, 2.45) is 5.92 Å². The van der Waals surface area contributed by atoms with Crippen molar-refractivity contribution in [1.82, 2.24) is 4.98 Å². The summed E-state index contributed by atoms with van der Waals surface area (Å²) in [5.41, 5.74) is 4.61. The van der Waals surface area contributed by atoms with Crippen LogP contribution in [0.5, 0.6) is 0 Å². The second-order valence-electron chi connectivity index (χ2n) is 13.1. The normalized spacial score (nSPS) is 21.2. The first-order valence-corrected chi connectivity index (χ1v) is 17.9. The molecule has 0 amide bonds. The third-order valence-electron chi connectivity index (χ3n) is 10.1. The summed E-state index contributed by atoms with van der Waals surface area (Å²) in [7, 11) is -3.61. The van der Waals surface area contributed by atoms with Crippen LogP contribution in [0.15, 0.2) is 76.7 Å². The number of hydrogen-bond acceptors (Lipinski definition) is 5. The van der Waals surface area contributed by atoms with Crippen molar-refractivity contribution in [3.63, 3.8) is 0 Å². The second-order valence-corrected chi connectivity index (χ2v) is 14.9. The van der Waals surface area contributed by atoms with E-state index in [1.54, 1.807) is 12.1 Å². The molecule has 2 aromatic carbocycles. The van der Waals surface area contributed by atoms with E-state index in [9.17, 15) is 26.4 Å². The molecule has 46 heavy (non-hydrogen) atoms. The number of aryl methyl sites for hydroxylation is 2. The van der Waals surface area contributed by atoms with Gasteiger partial charge in [-0.15, -0.1) is 0 Å². The zero-order valence-electron chi connectivity index (χ0n) is 26.0. The molecule has 2 fully saturated rings. The summed E-state index contributed by atoms with van der Waals surface area (Å²) in [6.07, 6.45) is 5.93. The van der Waals surface area contributed by atoms with E-state index < -0.39 is 27.0 Å². The van der Waals surface area contributed by atoms with Crippen LogP contribution in [0.25, 0.3) is 11.1 Å². The van der Waals surface area contributed by atoms with Gasteiger partial charge in [-0.2, -0.15) is 13.2 Å². The van der Waals surface area contributed by atoms with Gasteiger partial charge in [-0.05, 0) is 116 Å². The molecule has 2 heterocycles. The number of rotatable bonds is 7. The summed E-state index contributed by atoms with van der Waals surface area (Å²) in [5, 5.41) is 1.45. The highest BCUT2D eigenvalue weighted by Gasteiger charge is 2.44. The highest BCUT2D eigenvalue weighted by Crippen LogP contribution is 2.44. The molecule has 0 N–H and O–H groups in total. The van der Waals surface area contributed by atoms with Crippen molar-refractivity contribution in [1.29, 1.82) is 0 Å². The zero-order valence-corrected chi connectivity index (χ0v) is 26.8. The van der Waals surface area contributed by atoms with Gasteiger partial charge < -0.3 is 4.74 Å². The van der Waals surface area contributed by atoms with E-state index >= 15 is 0 Å². The maximum Gasteiger partial charge on any atom is 0.417 e. The van der Waals surface area contributed by atoms with E-state index in [0.29, 0.717) is 56.3 Å². The number of carbonyl (C=O) groups is 1. The minimum atomic E-state index is -4.38. The Bertz CT molecular complexity index is 1690. The summed E-state index contributed by atoms with van der Waals surface area (Å²) in [4.78, 5) is 17.4. The number of ketones is 1. The van der Waals surface area contributed by atoms with E-state index in [-0.39, 0.29) is 4.90 Å². The number of hydrogen-bond donors (Lipinski definition) is 0. The molecular weight excluding hydrogens is 611 g/mol. The monoisotopic (exact) mass is 651 g/mol. The molecule has 1 saturated carbocycles.